The van der Waals surface area contributed by atoms with E-state index in [0.29, 0.717) is 24.5 Å². The largest absolute Gasteiger partial charge is 0.326 e. The summed E-state index contributed by atoms with van der Waals surface area (Å²) in [6.07, 6.45) is 2.70. The van der Waals surface area contributed by atoms with Gasteiger partial charge in [-0.25, -0.2) is 8.42 Å². The first-order valence-corrected chi connectivity index (χ1v) is 12.2. The first-order chi connectivity index (χ1) is 14.1. The van der Waals surface area contributed by atoms with E-state index in [1.807, 2.05) is 20.8 Å². The molecule has 0 spiro atoms. The number of benzene rings is 1. The van der Waals surface area contributed by atoms with Gasteiger partial charge in [0.2, 0.25) is 15.9 Å². The number of thiophene rings is 1. The third-order valence-corrected chi connectivity index (χ3v) is 7.83. The van der Waals surface area contributed by atoms with Crippen molar-refractivity contribution in [2.45, 2.75) is 44.9 Å². The lowest BCUT2D eigenvalue weighted by Crippen LogP contribution is -2.36. The van der Waals surface area contributed by atoms with Gasteiger partial charge in [0.05, 0.1) is 0 Å². The van der Waals surface area contributed by atoms with Crippen LogP contribution in [0, 0.1) is 5.41 Å². The molecule has 0 atom stereocenters. The molecule has 1 aromatic heterocycles. The van der Waals surface area contributed by atoms with Crippen molar-refractivity contribution in [1.82, 2.24) is 4.31 Å². The summed E-state index contributed by atoms with van der Waals surface area (Å²) >= 11 is 1.11. The number of piperidine rings is 1. The Balaban J connectivity index is 1.72. The fourth-order valence-corrected chi connectivity index (χ4v) is 5.87. The van der Waals surface area contributed by atoms with E-state index in [-0.39, 0.29) is 15.7 Å². The molecule has 1 aromatic carbocycles. The van der Waals surface area contributed by atoms with E-state index in [2.05, 4.69) is 10.6 Å². The fraction of sp³-hybridized carbons (Fsp3) is 0.429. The Bertz CT molecular complexity index is 1020. The number of nitrogens with one attached hydrogen (secondary N) is 2. The minimum absolute atomic E-state index is 0.0564. The highest BCUT2D eigenvalue weighted by molar-refractivity contribution is 7.89. The summed E-state index contributed by atoms with van der Waals surface area (Å²) in [5, 5.41) is 7.19. The predicted octanol–water partition coefficient (Wildman–Crippen LogP) is 4.16. The van der Waals surface area contributed by atoms with Gasteiger partial charge in [0.1, 0.15) is 9.77 Å². The molecule has 1 saturated heterocycles. The van der Waals surface area contributed by atoms with Crippen LogP contribution in [0.3, 0.4) is 0 Å². The molecule has 1 fully saturated rings. The van der Waals surface area contributed by atoms with Gasteiger partial charge < -0.3 is 10.6 Å². The molecule has 7 nitrogen and oxygen atoms in total. The molecule has 2 heterocycles. The van der Waals surface area contributed by atoms with Crippen LogP contribution in [-0.4, -0.2) is 37.6 Å². The second-order valence-corrected chi connectivity index (χ2v) is 11.1. The number of anilines is 2. The van der Waals surface area contributed by atoms with E-state index in [0.717, 1.165) is 30.6 Å². The van der Waals surface area contributed by atoms with Gasteiger partial charge in [-0.15, -0.1) is 11.3 Å². The molecule has 2 N–H and O–H groups in total. The highest BCUT2D eigenvalue weighted by Crippen LogP contribution is 2.28. The van der Waals surface area contributed by atoms with Crippen LogP contribution in [0.15, 0.2) is 40.6 Å². The summed E-state index contributed by atoms with van der Waals surface area (Å²) in [6, 6.07) is 8.22. The van der Waals surface area contributed by atoms with Crippen molar-refractivity contribution in [3.05, 3.63) is 40.6 Å². The first kappa shape index (κ1) is 22.5. The third-order valence-electron chi connectivity index (χ3n) is 4.85. The molecule has 2 aromatic rings. The molecule has 1 aliphatic heterocycles. The number of hydrogen-bond acceptors (Lipinski definition) is 5. The van der Waals surface area contributed by atoms with Gasteiger partial charge in [0.15, 0.2) is 0 Å². The SMILES string of the molecule is CC(C)(C)C(=O)Nc1ccc(NC(=O)c2sccc2S(=O)(=O)N2CCCCC2)cc1. The Kier molecular flexibility index (Phi) is 6.64. The van der Waals surface area contributed by atoms with Crippen molar-refractivity contribution in [3.8, 4) is 0 Å². The van der Waals surface area contributed by atoms with Crippen LogP contribution in [0.2, 0.25) is 0 Å². The molecule has 2 amide bonds. The van der Waals surface area contributed by atoms with Gasteiger partial charge in [0.25, 0.3) is 5.91 Å². The number of amides is 2. The normalized spacial score (nSPS) is 15.6. The molecular formula is C21H27N3O4S2. The van der Waals surface area contributed by atoms with Gasteiger partial charge in [-0.05, 0) is 48.6 Å². The quantitative estimate of drug-likeness (QED) is 0.716. The molecule has 162 valence electrons. The molecule has 0 bridgehead atoms. The van der Waals surface area contributed by atoms with Crippen molar-refractivity contribution in [2.75, 3.05) is 23.7 Å². The molecule has 3 rings (SSSR count). The summed E-state index contributed by atoms with van der Waals surface area (Å²) in [7, 11) is -3.69. The molecule has 9 heteroatoms. The van der Waals surface area contributed by atoms with Gasteiger partial charge in [-0.3, -0.25) is 9.59 Å². The monoisotopic (exact) mass is 449 g/mol. The Hall–Kier alpha value is -2.23. The lowest BCUT2D eigenvalue weighted by atomic mass is 9.95. The predicted molar refractivity (Wildman–Crippen MR) is 119 cm³/mol. The van der Waals surface area contributed by atoms with Crippen molar-refractivity contribution in [1.29, 1.82) is 0 Å². The molecule has 1 aliphatic rings. The van der Waals surface area contributed by atoms with Crippen molar-refractivity contribution in [3.63, 3.8) is 0 Å². The average molecular weight is 450 g/mol. The van der Waals surface area contributed by atoms with E-state index in [1.165, 1.54) is 10.4 Å². The zero-order valence-corrected chi connectivity index (χ0v) is 19.0. The maximum atomic E-state index is 13.0. The van der Waals surface area contributed by atoms with Crippen LogP contribution in [-0.2, 0) is 14.8 Å². The molecule has 0 saturated carbocycles. The van der Waals surface area contributed by atoms with Gasteiger partial charge in [-0.1, -0.05) is 27.2 Å². The highest BCUT2D eigenvalue weighted by Gasteiger charge is 2.31. The molecule has 30 heavy (non-hydrogen) atoms. The smallest absolute Gasteiger partial charge is 0.267 e. The van der Waals surface area contributed by atoms with E-state index in [1.54, 1.807) is 29.6 Å². The topological polar surface area (TPSA) is 95.6 Å². The second kappa shape index (κ2) is 8.87. The number of rotatable bonds is 5. The summed E-state index contributed by atoms with van der Waals surface area (Å²) in [6.45, 7) is 6.45. The summed E-state index contributed by atoms with van der Waals surface area (Å²) < 4.78 is 27.4. The van der Waals surface area contributed by atoms with Gasteiger partial charge >= 0.3 is 0 Å². The van der Waals surface area contributed by atoms with E-state index in [4.69, 9.17) is 0 Å². The zero-order chi connectivity index (χ0) is 21.9. The van der Waals surface area contributed by atoms with Gasteiger partial charge in [-0.2, -0.15) is 4.31 Å². The Morgan fingerprint density at radius 2 is 1.50 bits per heavy atom. The Morgan fingerprint density at radius 1 is 0.933 bits per heavy atom. The van der Waals surface area contributed by atoms with Crippen molar-refractivity contribution in [2.24, 2.45) is 5.41 Å². The first-order valence-electron chi connectivity index (χ1n) is 9.89. The highest BCUT2D eigenvalue weighted by atomic mass is 32.2. The minimum Gasteiger partial charge on any atom is -0.326 e. The number of carbonyl (C=O) groups is 2. The lowest BCUT2D eigenvalue weighted by Gasteiger charge is -2.25. The second-order valence-electron chi connectivity index (χ2n) is 8.31. The van der Waals surface area contributed by atoms with Crippen LogP contribution in [0.1, 0.15) is 49.7 Å². The van der Waals surface area contributed by atoms with E-state index >= 15 is 0 Å². The van der Waals surface area contributed by atoms with Crippen molar-refractivity contribution >= 4 is 44.5 Å². The van der Waals surface area contributed by atoms with E-state index < -0.39 is 21.3 Å². The third kappa shape index (κ3) is 5.08. The van der Waals surface area contributed by atoms with Crippen LogP contribution >= 0.6 is 11.3 Å². The van der Waals surface area contributed by atoms with Crippen molar-refractivity contribution < 1.29 is 18.0 Å². The fourth-order valence-electron chi connectivity index (χ4n) is 3.05. The van der Waals surface area contributed by atoms with Crippen LogP contribution in [0.5, 0.6) is 0 Å². The molecule has 0 unspecified atom stereocenters. The van der Waals surface area contributed by atoms with Crippen LogP contribution < -0.4 is 10.6 Å². The summed E-state index contributed by atoms with van der Waals surface area (Å²) in [5.74, 6) is -0.572. The molecular weight excluding hydrogens is 422 g/mol. The standard InChI is InChI=1S/C21H27N3O4S2/c1-21(2,3)20(26)23-16-9-7-15(8-10-16)22-19(25)18-17(11-14-29-18)30(27,28)24-12-5-4-6-13-24/h7-11,14H,4-6,12-13H2,1-3H3,(H,22,25)(H,23,26). The minimum atomic E-state index is -3.69. The zero-order valence-electron chi connectivity index (χ0n) is 17.4. The molecule has 0 radical (unpaired) electrons. The maximum Gasteiger partial charge on any atom is 0.267 e. The number of nitrogens with zero attached hydrogens (tertiary/aromatic N) is 1. The number of hydrogen-bond donors (Lipinski definition) is 2. The molecule has 0 aliphatic carbocycles. The lowest BCUT2D eigenvalue weighted by molar-refractivity contribution is -0.123. The van der Waals surface area contributed by atoms with Crippen LogP contribution in [0.25, 0.3) is 0 Å². The Morgan fingerprint density at radius 3 is 2.07 bits per heavy atom. The summed E-state index contributed by atoms with van der Waals surface area (Å²) in [5.41, 5.74) is 0.628. The average Bonchev–Trinajstić information content (AvgIpc) is 3.20. The van der Waals surface area contributed by atoms with Crippen LogP contribution in [0.4, 0.5) is 11.4 Å². The number of sulfonamides is 1. The summed E-state index contributed by atoms with van der Waals surface area (Å²) in [4.78, 5) is 25.1. The van der Waals surface area contributed by atoms with E-state index in [9.17, 15) is 18.0 Å². The Labute approximate surface area is 181 Å². The van der Waals surface area contributed by atoms with Gasteiger partial charge in [0, 0.05) is 29.9 Å². The maximum absolute atomic E-state index is 13.0. The number of carbonyl (C=O) groups excluding carboxylic acids is 2.